The molecular formula is C53H102O6. The van der Waals surface area contributed by atoms with E-state index in [2.05, 4.69) is 34.6 Å². The zero-order chi connectivity index (χ0) is 43.3. The van der Waals surface area contributed by atoms with Crippen molar-refractivity contribution in [2.45, 2.75) is 298 Å². The predicted octanol–water partition coefficient (Wildman–Crippen LogP) is 16.9. The maximum Gasteiger partial charge on any atom is 0.306 e. The van der Waals surface area contributed by atoms with Gasteiger partial charge in [-0.15, -0.1) is 0 Å². The zero-order valence-corrected chi connectivity index (χ0v) is 40.4. The first kappa shape index (κ1) is 57.4. The van der Waals surface area contributed by atoms with Gasteiger partial charge in [0.1, 0.15) is 13.2 Å². The Labute approximate surface area is 368 Å². The highest BCUT2D eigenvalue weighted by Crippen LogP contribution is 2.18. The zero-order valence-electron chi connectivity index (χ0n) is 40.4. The highest BCUT2D eigenvalue weighted by Gasteiger charge is 2.19. The van der Waals surface area contributed by atoms with Crippen LogP contribution in [0.25, 0.3) is 0 Å². The summed E-state index contributed by atoms with van der Waals surface area (Å²) in [6, 6.07) is 0. The number of carbonyl (C=O) groups excluding carboxylic acids is 3. The molecule has 0 aromatic heterocycles. The molecule has 0 saturated carbocycles. The fourth-order valence-corrected chi connectivity index (χ4v) is 7.96. The lowest BCUT2D eigenvalue weighted by Crippen LogP contribution is -2.30. The average molecular weight is 835 g/mol. The molecule has 1 unspecified atom stereocenters. The van der Waals surface area contributed by atoms with Crippen LogP contribution < -0.4 is 0 Å². The van der Waals surface area contributed by atoms with E-state index in [1.807, 2.05) is 0 Å². The van der Waals surface area contributed by atoms with Gasteiger partial charge in [0.15, 0.2) is 6.10 Å². The molecule has 0 N–H and O–H groups in total. The third kappa shape index (κ3) is 45.8. The largest absolute Gasteiger partial charge is 0.462 e. The smallest absolute Gasteiger partial charge is 0.306 e. The number of carbonyl (C=O) groups is 3. The molecule has 0 saturated heterocycles. The number of unbranched alkanes of at least 4 members (excludes halogenated alkanes) is 31. The summed E-state index contributed by atoms with van der Waals surface area (Å²) >= 11 is 0. The van der Waals surface area contributed by atoms with Crippen molar-refractivity contribution in [3.63, 3.8) is 0 Å². The molecule has 6 nitrogen and oxygen atoms in total. The molecule has 59 heavy (non-hydrogen) atoms. The molecule has 0 aliphatic rings. The Morgan fingerprint density at radius 1 is 0.356 bits per heavy atom. The number of hydrogen-bond acceptors (Lipinski definition) is 6. The first-order valence-electron chi connectivity index (χ1n) is 26.3. The Bertz CT molecular complexity index is 902. The molecule has 0 aromatic rings. The Morgan fingerprint density at radius 2 is 0.644 bits per heavy atom. The van der Waals surface area contributed by atoms with Gasteiger partial charge in [-0.3, -0.25) is 14.4 Å². The van der Waals surface area contributed by atoms with Gasteiger partial charge in [0.25, 0.3) is 0 Å². The lowest BCUT2D eigenvalue weighted by Gasteiger charge is -2.18. The van der Waals surface area contributed by atoms with Crippen molar-refractivity contribution in [1.29, 1.82) is 0 Å². The first-order chi connectivity index (χ1) is 28.8. The Hall–Kier alpha value is -1.59. The van der Waals surface area contributed by atoms with Gasteiger partial charge in [-0.25, -0.2) is 0 Å². The molecule has 0 amide bonds. The minimum atomic E-state index is -0.761. The highest BCUT2D eigenvalue weighted by molar-refractivity contribution is 5.71. The van der Waals surface area contributed by atoms with Crippen LogP contribution in [0.3, 0.4) is 0 Å². The van der Waals surface area contributed by atoms with Crippen LogP contribution in [0.4, 0.5) is 0 Å². The van der Waals surface area contributed by atoms with E-state index in [4.69, 9.17) is 14.2 Å². The first-order valence-corrected chi connectivity index (χ1v) is 26.3. The van der Waals surface area contributed by atoms with Gasteiger partial charge in [-0.05, 0) is 31.1 Å². The van der Waals surface area contributed by atoms with E-state index in [1.165, 1.54) is 180 Å². The molecular weight excluding hydrogens is 733 g/mol. The molecule has 0 spiro atoms. The predicted molar refractivity (Wildman–Crippen MR) is 252 cm³/mol. The van der Waals surface area contributed by atoms with Crippen molar-refractivity contribution in [3.8, 4) is 0 Å². The van der Waals surface area contributed by atoms with Crippen LogP contribution in [-0.2, 0) is 28.6 Å². The molecule has 0 aliphatic carbocycles. The van der Waals surface area contributed by atoms with E-state index in [9.17, 15) is 14.4 Å². The number of hydrogen-bond donors (Lipinski definition) is 0. The van der Waals surface area contributed by atoms with Gasteiger partial charge < -0.3 is 14.2 Å². The number of rotatable bonds is 47. The Balaban J connectivity index is 4.24. The molecule has 0 fully saturated rings. The van der Waals surface area contributed by atoms with E-state index in [1.54, 1.807) is 0 Å². The van der Waals surface area contributed by atoms with E-state index < -0.39 is 6.10 Å². The average Bonchev–Trinajstić information content (AvgIpc) is 3.22. The van der Waals surface area contributed by atoms with Crippen molar-refractivity contribution < 1.29 is 28.6 Å². The van der Waals surface area contributed by atoms with Crippen LogP contribution in [0.2, 0.25) is 0 Å². The minimum Gasteiger partial charge on any atom is -0.462 e. The standard InChI is InChI=1S/C53H102O6/c1-6-8-9-10-11-12-13-21-25-28-35-40-45-53(56)59-50(47-58-52(55)44-39-34-30-29-32-37-42-49(5)7-2)46-57-51(54)43-38-33-27-24-22-19-17-15-14-16-18-20-23-26-31-36-41-48(3)4/h48-50H,6-47H2,1-5H3/t49?,50-/m0/s1. The molecule has 0 heterocycles. The van der Waals surface area contributed by atoms with E-state index in [0.29, 0.717) is 19.3 Å². The fourth-order valence-electron chi connectivity index (χ4n) is 7.96. The molecule has 0 aromatic carbocycles. The van der Waals surface area contributed by atoms with Gasteiger partial charge in [-0.1, -0.05) is 253 Å². The number of esters is 3. The van der Waals surface area contributed by atoms with Crippen molar-refractivity contribution in [2.24, 2.45) is 11.8 Å². The van der Waals surface area contributed by atoms with Crippen molar-refractivity contribution in [3.05, 3.63) is 0 Å². The van der Waals surface area contributed by atoms with E-state index in [-0.39, 0.29) is 31.1 Å². The van der Waals surface area contributed by atoms with Crippen LogP contribution >= 0.6 is 0 Å². The SMILES string of the molecule is CCCCCCCCCCCCCCC(=O)O[C@@H](COC(=O)CCCCCCCCCCCCCCCCCCC(C)C)COC(=O)CCCCCCCCC(C)CC. The molecule has 350 valence electrons. The third-order valence-corrected chi connectivity index (χ3v) is 12.3. The highest BCUT2D eigenvalue weighted by atomic mass is 16.6. The summed E-state index contributed by atoms with van der Waals surface area (Å²) in [7, 11) is 0. The quantitative estimate of drug-likeness (QED) is 0.0345. The van der Waals surface area contributed by atoms with Crippen LogP contribution in [0, 0.1) is 11.8 Å². The molecule has 0 aliphatic heterocycles. The fraction of sp³-hybridized carbons (Fsp3) is 0.943. The third-order valence-electron chi connectivity index (χ3n) is 12.3. The topological polar surface area (TPSA) is 78.9 Å². The summed E-state index contributed by atoms with van der Waals surface area (Å²) < 4.78 is 16.8. The van der Waals surface area contributed by atoms with Gasteiger partial charge >= 0.3 is 17.9 Å². The second-order valence-corrected chi connectivity index (χ2v) is 18.9. The van der Waals surface area contributed by atoms with Crippen LogP contribution in [0.15, 0.2) is 0 Å². The maximum absolute atomic E-state index is 12.8. The normalized spacial score (nSPS) is 12.5. The monoisotopic (exact) mass is 835 g/mol. The lowest BCUT2D eigenvalue weighted by molar-refractivity contribution is -0.167. The molecule has 2 atom stereocenters. The Morgan fingerprint density at radius 3 is 0.966 bits per heavy atom. The van der Waals surface area contributed by atoms with Gasteiger partial charge in [0.05, 0.1) is 0 Å². The van der Waals surface area contributed by atoms with Crippen molar-refractivity contribution in [2.75, 3.05) is 13.2 Å². The second-order valence-electron chi connectivity index (χ2n) is 18.9. The summed E-state index contributed by atoms with van der Waals surface area (Å²) in [5.74, 6) is 0.817. The molecule has 0 rings (SSSR count). The number of ether oxygens (including phenoxy) is 3. The summed E-state index contributed by atoms with van der Waals surface area (Å²) in [6.45, 7) is 11.4. The minimum absolute atomic E-state index is 0.0641. The van der Waals surface area contributed by atoms with E-state index >= 15 is 0 Å². The maximum atomic E-state index is 12.8. The molecule has 0 radical (unpaired) electrons. The molecule has 0 bridgehead atoms. The summed E-state index contributed by atoms with van der Waals surface area (Å²) in [5, 5.41) is 0. The summed E-state index contributed by atoms with van der Waals surface area (Å²) in [6.07, 6.45) is 46.6. The van der Waals surface area contributed by atoms with Crippen LogP contribution in [0.1, 0.15) is 291 Å². The van der Waals surface area contributed by atoms with Crippen LogP contribution in [-0.4, -0.2) is 37.2 Å². The van der Waals surface area contributed by atoms with Gasteiger partial charge in [-0.2, -0.15) is 0 Å². The lowest BCUT2D eigenvalue weighted by atomic mass is 10.00. The summed E-state index contributed by atoms with van der Waals surface area (Å²) in [5.41, 5.74) is 0. The second kappa shape index (κ2) is 45.9. The Kier molecular flexibility index (Phi) is 44.7. The van der Waals surface area contributed by atoms with Crippen LogP contribution in [0.5, 0.6) is 0 Å². The van der Waals surface area contributed by atoms with E-state index in [0.717, 1.165) is 69.6 Å². The van der Waals surface area contributed by atoms with Gasteiger partial charge in [0.2, 0.25) is 0 Å². The van der Waals surface area contributed by atoms with Gasteiger partial charge in [0, 0.05) is 19.3 Å². The van der Waals surface area contributed by atoms with Crippen molar-refractivity contribution >= 4 is 17.9 Å². The van der Waals surface area contributed by atoms with Crippen molar-refractivity contribution in [1.82, 2.24) is 0 Å². The molecule has 6 heteroatoms. The summed E-state index contributed by atoms with van der Waals surface area (Å²) in [4.78, 5) is 37.9.